The summed E-state index contributed by atoms with van der Waals surface area (Å²) in [6, 6.07) is 7.39. The number of piperidine rings is 1. The second-order valence-electron chi connectivity index (χ2n) is 8.01. The van der Waals surface area contributed by atoms with E-state index in [0.717, 1.165) is 43.5 Å². The summed E-state index contributed by atoms with van der Waals surface area (Å²) < 4.78 is 0. The van der Waals surface area contributed by atoms with Crippen LogP contribution >= 0.6 is 0 Å². The van der Waals surface area contributed by atoms with Crippen molar-refractivity contribution in [2.45, 2.75) is 39.5 Å². The minimum atomic E-state index is -0.0566. The Morgan fingerprint density at radius 3 is 2.69 bits per heavy atom. The van der Waals surface area contributed by atoms with Crippen molar-refractivity contribution in [3.8, 4) is 0 Å². The second kappa shape index (κ2) is 8.67. The molecule has 2 aliphatic heterocycles. The van der Waals surface area contributed by atoms with Crippen LogP contribution < -0.4 is 10.2 Å². The van der Waals surface area contributed by atoms with Gasteiger partial charge < -0.3 is 15.1 Å². The highest BCUT2D eigenvalue weighted by atomic mass is 16.2. The van der Waals surface area contributed by atoms with E-state index in [4.69, 9.17) is 0 Å². The predicted molar refractivity (Wildman–Crippen MR) is 104 cm³/mol. The molecule has 0 spiro atoms. The number of benzene rings is 1. The fraction of sp³-hybridized carbons (Fsp3) is 0.619. The van der Waals surface area contributed by atoms with Crippen LogP contribution in [0.3, 0.4) is 0 Å². The molecule has 2 aliphatic rings. The van der Waals surface area contributed by atoms with E-state index in [1.54, 1.807) is 4.90 Å². The molecule has 0 saturated carbocycles. The summed E-state index contributed by atoms with van der Waals surface area (Å²) in [5, 5.41) is 3.02. The van der Waals surface area contributed by atoms with E-state index in [1.807, 2.05) is 24.3 Å². The van der Waals surface area contributed by atoms with Crippen LogP contribution in [0.2, 0.25) is 0 Å². The van der Waals surface area contributed by atoms with Gasteiger partial charge in [-0.15, -0.1) is 0 Å². The lowest BCUT2D eigenvalue weighted by atomic mass is 9.92. The molecule has 3 rings (SSSR count). The predicted octanol–water partition coefficient (Wildman–Crippen LogP) is 2.91. The molecule has 2 fully saturated rings. The van der Waals surface area contributed by atoms with Crippen molar-refractivity contribution in [2.75, 3.05) is 37.6 Å². The third kappa shape index (κ3) is 4.85. The summed E-state index contributed by atoms with van der Waals surface area (Å²) in [7, 11) is 0. The zero-order valence-corrected chi connectivity index (χ0v) is 16.0. The molecular formula is C21H31N3O2. The van der Waals surface area contributed by atoms with Crippen LogP contribution in [-0.2, 0) is 4.79 Å². The Morgan fingerprint density at radius 1 is 1.23 bits per heavy atom. The number of anilines is 1. The fourth-order valence-corrected chi connectivity index (χ4v) is 4.32. The van der Waals surface area contributed by atoms with Crippen LogP contribution in [0.4, 0.5) is 5.69 Å². The normalized spacial score (nSPS) is 24.1. The van der Waals surface area contributed by atoms with Crippen LogP contribution in [0.15, 0.2) is 24.3 Å². The molecule has 142 valence electrons. The summed E-state index contributed by atoms with van der Waals surface area (Å²) >= 11 is 0. The van der Waals surface area contributed by atoms with Crippen molar-refractivity contribution in [1.29, 1.82) is 0 Å². The maximum Gasteiger partial charge on any atom is 0.251 e. The summed E-state index contributed by atoms with van der Waals surface area (Å²) in [5.74, 6) is 1.63. The summed E-state index contributed by atoms with van der Waals surface area (Å²) in [5.41, 5.74) is 1.46. The molecule has 0 bridgehead atoms. The topological polar surface area (TPSA) is 52.7 Å². The average molecular weight is 357 g/mol. The minimum Gasteiger partial charge on any atom is -0.352 e. The molecule has 0 aromatic heterocycles. The zero-order valence-electron chi connectivity index (χ0n) is 16.0. The Hall–Kier alpha value is -1.88. The van der Waals surface area contributed by atoms with Crippen LogP contribution in [0.5, 0.6) is 0 Å². The molecule has 2 atom stereocenters. The van der Waals surface area contributed by atoms with E-state index in [2.05, 4.69) is 24.1 Å². The molecule has 1 aromatic carbocycles. The zero-order chi connectivity index (χ0) is 18.5. The molecule has 5 heteroatoms. The molecule has 2 saturated heterocycles. The van der Waals surface area contributed by atoms with E-state index >= 15 is 0 Å². The van der Waals surface area contributed by atoms with Crippen molar-refractivity contribution >= 4 is 17.5 Å². The van der Waals surface area contributed by atoms with Gasteiger partial charge in [0.05, 0.1) is 0 Å². The maximum absolute atomic E-state index is 12.4. The molecule has 0 aliphatic carbocycles. The Balaban J connectivity index is 1.46. The highest BCUT2D eigenvalue weighted by Gasteiger charge is 2.23. The highest BCUT2D eigenvalue weighted by molar-refractivity contribution is 5.99. The molecule has 0 radical (unpaired) electrons. The maximum atomic E-state index is 12.4. The van der Waals surface area contributed by atoms with Gasteiger partial charge in [0.2, 0.25) is 5.91 Å². The van der Waals surface area contributed by atoms with E-state index in [1.165, 1.54) is 19.5 Å². The lowest BCUT2D eigenvalue weighted by Crippen LogP contribution is -2.40. The van der Waals surface area contributed by atoms with Crippen molar-refractivity contribution in [3.05, 3.63) is 29.8 Å². The van der Waals surface area contributed by atoms with Crippen LogP contribution in [0, 0.1) is 11.8 Å². The van der Waals surface area contributed by atoms with Crippen molar-refractivity contribution in [3.63, 3.8) is 0 Å². The van der Waals surface area contributed by atoms with Crippen molar-refractivity contribution < 1.29 is 9.59 Å². The summed E-state index contributed by atoms with van der Waals surface area (Å²) in [4.78, 5) is 28.6. The molecule has 26 heavy (non-hydrogen) atoms. The monoisotopic (exact) mass is 357 g/mol. The number of nitrogens with one attached hydrogen (secondary N) is 1. The summed E-state index contributed by atoms with van der Waals surface area (Å²) in [6.45, 7) is 9.46. The van der Waals surface area contributed by atoms with Crippen LogP contribution in [0.1, 0.15) is 49.9 Å². The lowest BCUT2D eigenvalue weighted by Gasteiger charge is -2.34. The number of likely N-dealkylation sites (tertiary alicyclic amines) is 1. The first-order valence-electron chi connectivity index (χ1n) is 9.94. The summed E-state index contributed by atoms with van der Waals surface area (Å²) in [6.07, 6.45) is 3.78. The molecule has 2 amide bonds. The van der Waals surface area contributed by atoms with Gasteiger partial charge >= 0.3 is 0 Å². The third-order valence-corrected chi connectivity index (χ3v) is 5.37. The largest absolute Gasteiger partial charge is 0.352 e. The first kappa shape index (κ1) is 18.9. The van der Waals surface area contributed by atoms with Crippen molar-refractivity contribution in [2.24, 2.45) is 11.8 Å². The van der Waals surface area contributed by atoms with Crippen LogP contribution in [0.25, 0.3) is 0 Å². The number of rotatable bonds is 6. The van der Waals surface area contributed by atoms with Gasteiger partial charge in [-0.3, -0.25) is 9.59 Å². The van der Waals surface area contributed by atoms with Gasteiger partial charge in [-0.2, -0.15) is 0 Å². The van der Waals surface area contributed by atoms with Gasteiger partial charge in [-0.1, -0.05) is 19.9 Å². The Kier molecular flexibility index (Phi) is 6.30. The van der Waals surface area contributed by atoms with Gasteiger partial charge in [0.15, 0.2) is 0 Å². The first-order valence-corrected chi connectivity index (χ1v) is 9.94. The van der Waals surface area contributed by atoms with Gasteiger partial charge in [-0.05, 0) is 55.8 Å². The fourth-order valence-electron chi connectivity index (χ4n) is 4.32. The van der Waals surface area contributed by atoms with E-state index in [0.29, 0.717) is 18.5 Å². The van der Waals surface area contributed by atoms with Crippen LogP contribution in [-0.4, -0.2) is 49.4 Å². The Labute approximate surface area is 156 Å². The number of carbonyl (C=O) groups excluding carboxylic acids is 2. The quantitative estimate of drug-likeness (QED) is 0.797. The van der Waals surface area contributed by atoms with Gasteiger partial charge in [0.25, 0.3) is 5.91 Å². The van der Waals surface area contributed by atoms with E-state index in [-0.39, 0.29) is 11.8 Å². The van der Waals surface area contributed by atoms with E-state index < -0.39 is 0 Å². The highest BCUT2D eigenvalue weighted by Crippen LogP contribution is 2.22. The van der Waals surface area contributed by atoms with Gasteiger partial charge in [-0.25, -0.2) is 0 Å². The average Bonchev–Trinajstić information content (AvgIpc) is 3.04. The smallest absolute Gasteiger partial charge is 0.251 e. The molecule has 2 heterocycles. The Bertz CT molecular complexity index is 636. The minimum absolute atomic E-state index is 0.0566. The number of hydrogen-bond donors (Lipinski definition) is 1. The lowest BCUT2D eigenvalue weighted by molar-refractivity contribution is -0.117. The number of nitrogens with zero attached hydrogens (tertiary/aromatic N) is 2. The molecule has 1 N–H and O–H groups in total. The first-order chi connectivity index (χ1) is 12.5. The Morgan fingerprint density at radius 2 is 2.00 bits per heavy atom. The SMILES string of the molecule is C[C@@H]1C[C@H](C)CN(CCCNC(=O)c2cccc(N3CCCC3=O)c2)C1. The molecular weight excluding hydrogens is 326 g/mol. The van der Waals surface area contributed by atoms with Gasteiger partial charge in [0.1, 0.15) is 0 Å². The van der Waals surface area contributed by atoms with E-state index in [9.17, 15) is 9.59 Å². The molecule has 1 aromatic rings. The number of carbonyl (C=O) groups is 2. The number of hydrogen-bond acceptors (Lipinski definition) is 3. The number of amides is 2. The standard InChI is InChI=1S/C21H31N3O2/c1-16-12-17(2)15-23(14-16)10-5-9-22-21(26)18-6-3-7-19(13-18)24-11-4-8-20(24)25/h3,6-7,13,16-17H,4-5,8-12,14-15H2,1-2H3,(H,22,26)/t16-,17+. The second-order valence-corrected chi connectivity index (χ2v) is 8.01. The van der Waals surface area contributed by atoms with Gasteiger partial charge in [0, 0.05) is 43.9 Å². The third-order valence-electron chi connectivity index (χ3n) is 5.37. The van der Waals surface area contributed by atoms with Crippen molar-refractivity contribution in [1.82, 2.24) is 10.2 Å². The molecule has 0 unspecified atom stereocenters. The molecule has 5 nitrogen and oxygen atoms in total.